The number of esters is 1. The van der Waals surface area contributed by atoms with E-state index in [0.29, 0.717) is 12.2 Å². The van der Waals surface area contributed by atoms with E-state index in [1.54, 1.807) is 11.5 Å². The normalized spacial score (nSPS) is 10.4. The van der Waals surface area contributed by atoms with E-state index in [9.17, 15) is 9.59 Å². The molecule has 1 aromatic heterocycles. The summed E-state index contributed by atoms with van der Waals surface area (Å²) in [6, 6.07) is 18.9. The fraction of sp³-hybridized carbons (Fsp3) is 0.150. The van der Waals surface area contributed by atoms with E-state index in [-0.39, 0.29) is 17.9 Å². The van der Waals surface area contributed by atoms with Gasteiger partial charge < -0.3 is 9.30 Å². The summed E-state index contributed by atoms with van der Waals surface area (Å²) < 4.78 is 6.68. The lowest BCUT2D eigenvalue weighted by Gasteiger charge is -2.16. The van der Waals surface area contributed by atoms with E-state index in [1.807, 2.05) is 60.7 Å². The second-order valence-electron chi connectivity index (χ2n) is 5.45. The van der Waals surface area contributed by atoms with Gasteiger partial charge in [0, 0.05) is 5.56 Å². The number of aromatic nitrogens is 2. The van der Waals surface area contributed by atoms with Crippen LogP contribution in [0.2, 0.25) is 0 Å². The monoisotopic (exact) mass is 334 g/mol. The van der Waals surface area contributed by atoms with Gasteiger partial charge in [0.25, 0.3) is 5.56 Å². The van der Waals surface area contributed by atoms with Gasteiger partial charge in [0.05, 0.1) is 25.0 Å². The van der Waals surface area contributed by atoms with Crippen LogP contribution < -0.4 is 5.56 Å². The molecule has 0 radical (unpaired) electrons. The van der Waals surface area contributed by atoms with Crippen LogP contribution in [0.5, 0.6) is 0 Å². The van der Waals surface area contributed by atoms with Crippen molar-refractivity contribution in [3.63, 3.8) is 0 Å². The molecule has 1 heterocycles. The maximum Gasteiger partial charge on any atom is 0.359 e. The van der Waals surface area contributed by atoms with Crippen LogP contribution in [-0.2, 0) is 11.3 Å². The molecular formula is C20H18N2O3. The molecule has 5 heteroatoms. The van der Waals surface area contributed by atoms with Crippen LogP contribution in [-0.4, -0.2) is 22.1 Å². The van der Waals surface area contributed by atoms with Crippen molar-refractivity contribution in [2.24, 2.45) is 0 Å². The summed E-state index contributed by atoms with van der Waals surface area (Å²) in [6.07, 6.45) is 1.17. The third kappa shape index (κ3) is 3.66. The number of nitrogens with zero attached hydrogens (tertiary/aromatic N) is 2. The van der Waals surface area contributed by atoms with Crippen molar-refractivity contribution in [3.05, 3.63) is 88.5 Å². The molecule has 0 bridgehead atoms. The summed E-state index contributed by atoms with van der Waals surface area (Å²) in [5.74, 6) is -0.539. The van der Waals surface area contributed by atoms with Gasteiger partial charge in [0.15, 0.2) is 5.69 Å². The highest BCUT2D eigenvalue weighted by atomic mass is 16.5. The van der Waals surface area contributed by atoms with Crippen LogP contribution in [0.3, 0.4) is 0 Å². The van der Waals surface area contributed by atoms with E-state index in [1.165, 1.54) is 6.20 Å². The number of carbonyl (C=O) groups excluding carboxylic acids is 1. The minimum Gasteiger partial charge on any atom is -0.461 e. The van der Waals surface area contributed by atoms with Gasteiger partial charge in [-0.3, -0.25) is 4.79 Å². The Bertz CT molecular complexity index is 919. The molecule has 0 aliphatic rings. The standard InChI is InChI=1S/C20H18N2O3/c1-2-25-20(24)18-19(16-11-7-4-8-12-16)22(17(23)13-21-18)14-15-9-5-3-6-10-15/h3-13H,2,14H2,1H3. The van der Waals surface area contributed by atoms with Gasteiger partial charge in [-0.25, -0.2) is 9.78 Å². The lowest BCUT2D eigenvalue weighted by Crippen LogP contribution is -2.26. The number of carbonyl (C=O) groups is 1. The zero-order valence-electron chi connectivity index (χ0n) is 13.9. The zero-order valence-corrected chi connectivity index (χ0v) is 13.9. The molecule has 5 nitrogen and oxygen atoms in total. The minimum atomic E-state index is -0.539. The second-order valence-corrected chi connectivity index (χ2v) is 5.45. The molecule has 0 amide bonds. The van der Waals surface area contributed by atoms with Crippen molar-refractivity contribution < 1.29 is 9.53 Å². The molecule has 0 spiro atoms. The quantitative estimate of drug-likeness (QED) is 0.673. The Kier molecular flexibility index (Phi) is 5.04. The SMILES string of the molecule is CCOC(=O)c1ncc(=O)n(Cc2ccccc2)c1-c1ccccc1. The Morgan fingerprint density at radius 1 is 1.04 bits per heavy atom. The van der Waals surface area contributed by atoms with Crippen molar-refractivity contribution in [1.82, 2.24) is 9.55 Å². The van der Waals surface area contributed by atoms with Crippen molar-refractivity contribution >= 4 is 5.97 Å². The van der Waals surface area contributed by atoms with Gasteiger partial charge in [0.2, 0.25) is 0 Å². The second kappa shape index (κ2) is 7.57. The molecular weight excluding hydrogens is 316 g/mol. The summed E-state index contributed by atoms with van der Waals surface area (Å²) in [4.78, 5) is 28.9. The molecule has 25 heavy (non-hydrogen) atoms. The predicted molar refractivity (Wildman–Crippen MR) is 95.4 cm³/mol. The lowest BCUT2D eigenvalue weighted by atomic mass is 10.1. The van der Waals surface area contributed by atoms with Gasteiger partial charge in [-0.1, -0.05) is 60.7 Å². The van der Waals surface area contributed by atoms with Gasteiger partial charge in [-0.05, 0) is 12.5 Å². The number of hydrogen-bond donors (Lipinski definition) is 0. The first-order chi connectivity index (χ1) is 12.2. The summed E-state index contributed by atoms with van der Waals surface area (Å²) in [5, 5.41) is 0. The van der Waals surface area contributed by atoms with Crippen molar-refractivity contribution in [1.29, 1.82) is 0 Å². The van der Waals surface area contributed by atoms with Crippen molar-refractivity contribution in [2.45, 2.75) is 13.5 Å². The molecule has 0 fully saturated rings. The minimum absolute atomic E-state index is 0.142. The maximum absolute atomic E-state index is 12.5. The molecule has 0 aliphatic carbocycles. The molecule has 3 aromatic rings. The average molecular weight is 334 g/mol. The molecule has 0 unspecified atom stereocenters. The zero-order chi connectivity index (χ0) is 17.6. The largest absolute Gasteiger partial charge is 0.461 e. The molecule has 0 saturated heterocycles. The third-order valence-corrected chi connectivity index (χ3v) is 3.76. The Labute approximate surface area is 145 Å². The van der Waals surface area contributed by atoms with E-state index < -0.39 is 5.97 Å². The fourth-order valence-electron chi connectivity index (χ4n) is 2.65. The smallest absolute Gasteiger partial charge is 0.359 e. The highest BCUT2D eigenvalue weighted by Gasteiger charge is 2.20. The third-order valence-electron chi connectivity index (χ3n) is 3.76. The molecule has 3 rings (SSSR count). The van der Waals surface area contributed by atoms with E-state index in [4.69, 9.17) is 4.74 Å². The highest BCUT2D eigenvalue weighted by Crippen LogP contribution is 2.22. The molecule has 0 aliphatic heterocycles. The van der Waals surface area contributed by atoms with E-state index >= 15 is 0 Å². The van der Waals surface area contributed by atoms with Crippen molar-refractivity contribution in [2.75, 3.05) is 6.61 Å². The van der Waals surface area contributed by atoms with Gasteiger partial charge >= 0.3 is 5.97 Å². The fourth-order valence-corrected chi connectivity index (χ4v) is 2.65. The summed E-state index contributed by atoms with van der Waals surface area (Å²) in [6.45, 7) is 2.32. The van der Waals surface area contributed by atoms with Crippen LogP contribution in [0.15, 0.2) is 71.7 Å². The predicted octanol–water partition coefficient (Wildman–Crippen LogP) is 3.14. The van der Waals surface area contributed by atoms with Crippen LogP contribution in [0.25, 0.3) is 11.3 Å². The number of hydrogen-bond acceptors (Lipinski definition) is 4. The van der Waals surface area contributed by atoms with Gasteiger partial charge in [-0.2, -0.15) is 0 Å². The van der Waals surface area contributed by atoms with Crippen LogP contribution in [0, 0.1) is 0 Å². The average Bonchev–Trinajstić information content (AvgIpc) is 2.65. The van der Waals surface area contributed by atoms with Crippen LogP contribution in [0.4, 0.5) is 0 Å². The Morgan fingerprint density at radius 2 is 1.68 bits per heavy atom. The van der Waals surface area contributed by atoms with Gasteiger partial charge in [0.1, 0.15) is 0 Å². The first kappa shape index (κ1) is 16.6. The first-order valence-electron chi connectivity index (χ1n) is 8.07. The molecule has 0 atom stereocenters. The topological polar surface area (TPSA) is 61.2 Å². The summed E-state index contributed by atoms with van der Waals surface area (Å²) in [7, 11) is 0. The molecule has 126 valence electrons. The molecule has 0 N–H and O–H groups in total. The molecule has 0 saturated carbocycles. The summed E-state index contributed by atoms with van der Waals surface area (Å²) in [5.41, 5.74) is 2.05. The van der Waals surface area contributed by atoms with Crippen LogP contribution >= 0.6 is 0 Å². The summed E-state index contributed by atoms with van der Waals surface area (Å²) >= 11 is 0. The maximum atomic E-state index is 12.5. The lowest BCUT2D eigenvalue weighted by molar-refractivity contribution is 0.0519. The Morgan fingerprint density at radius 3 is 2.32 bits per heavy atom. The Balaban J connectivity index is 2.20. The van der Waals surface area contributed by atoms with E-state index in [0.717, 1.165) is 11.1 Å². The highest BCUT2D eigenvalue weighted by molar-refractivity contribution is 5.94. The number of ether oxygens (including phenoxy) is 1. The van der Waals surface area contributed by atoms with E-state index in [2.05, 4.69) is 4.98 Å². The number of benzene rings is 2. The van der Waals surface area contributed by atoms with Crippen molar-refractivity contribution in [3.8, 4) is 11.3 Å². The Hall–Kier alpha value is -3.21. The molecule has 2 aromatic carbocycles. The van der Waals surface area contributed by atoms with Gasteiger partial charge in [-0.15, -0.1) is 0 Å². The number of rotatable bonds is 5. The first-order valence-corrected chi connectivity index (χ1v) is 8.07. The van der Waals surface area contributed by atoms with Crippen LogP contribution in [0.1, 0.15) is 23.0 Å².